The number of alkyl halides is 3. The van der Waals surface area contributed by atoms with Gasteiger partial charge in [-0.3, -0.25) is 9.78 Å². The van der Waals surface area contributed by atoms with E-state index in [1.54, 1.807) is 25.3 Å². The van der Waals surface area contributed by atoms with E-state index in [1.165, 1.54) is 24.3 Å². The van der Waals surface area contributed by atoms with E-state index in [0.29, 0.717) is 27.9 Å². The summed E-state index contributed by atoms with van der Waals surface area (Å²) in [6, 6.07) is 16.3. The lowest BCUT2D eigenvalue weighted by Gasteiger charge is -2.10. The zero-order valence-electron chi connectivity index (χ0n) is 17.4. The van der Waals surface area contributed by atoms with E-state index in [4.69, 9.17) is 19.2 Å². The number of hydrogen-bond acceptors (Lipinski definition) is 4. The molecule has 0 aliphatic heterocycles. The molecule has 0 aliphatic rings. The normalized spacial score (nSPS) is 11.6. The van der Waals surface area contributed by atoms with Crippen LogP contribution >= 0.6 is 7.82 Å². The molecule has 178 valence electrons. The number of halogens is 3. The largest absolute Gasteiger partial charge is 0.573 e. The highest BCUT2D eigenvalue weighted by Gasteiger charge is 2.31. The Labute approximate surface area is 190 Å². The Morgan fingerprint density at radius 3 is 2.09 bits per heavy atom. The molecule has 0 atom stereocenters. The SMILES string of the molecule is Cc1c(-c2ccc(-c3ccc(OC(F)(F)F)cc3)nc2)[nH]c2ccccc2c1=O.O=P(O)(O)O. The second-order valence-electron chi connectivity index (χ2n) is 7.02. The number of para-hydroxylation sites is 1. The van der Waals surface area contributed by atoms with Crippen LogP contribution in [0.25, 0.3) is 33.4 Å². The van der Waals surface area contributed by atoms with E-state index in [1.807, 2.05) is 24.3 Å². The predicted octanol–water partition coefficient (Wildman–Crippen LogP) is 4.54. The Bertz CT molecular complexity index is 1390. The van der Waals surface area contributed by atoms with Gasteiger partial charge in [0.15, 0.2) is 5.43 Å². The molecule has 2 heterocycles. The molecule has 0 saturated heterocycles. The molecular formula is C22H18F3N2O6P. The number of fused-ring (bicyclic) bond motifs is 1. The molecule has 0 saturated carbocycles. The van der Waals surface area contributed by atoms with Crippen molar-refractivity contribution in [2.24, 2.45) is 0 Å². The molecule has 0 spiro atoms. The Hall–Kier alpha value is -3.50. The molecular weight excluding hydrogens is 476 g/mol. The fourth-order valence-electron chi connectivity index (χ4n) is 3.16. The zero-order valence-corrected chi connectivity index (χ0v) is 18.3. The van der Waals surface area contributed by atoms with Gasteiger partial charge in [-0.1, -0.05) is 12.1 Å². The van der Waals surface area contributed by atoms with Gasteiger partial charge in [-0.15, -0.1) is 13.2 Å². The molecule has 0 radical (unpaired) electrons. The molecule has 2 aromatic carbocycles. The third kappa shape index (κ3) is 6.75. The number of hydrogen-bond donors (Lipinski definition) is 4. The first kappa shape index (κ1) is 25.1. The molecule has 34 heavy (non-hydrogen) atoms. The molecule has 2 aromatic heterocycles. The molecule has 4 N–H and O–H groups in total. The van der Waals surface area contributed by atoms with Crippen molar-refractivity contribution in [1.29, 1.82) is 0 Å². The van der Waals surface area contributed by atoms with Crippen molar-refractivity contribution in [3.05, 3.63) is 82.6 Å². The van der Waals surface area contributed by atoms with Crippen LogP contribution in [0, 0.1) is 6.92 Å². The standard InChI is InChI=1S/C22H15F3N2O2.H3O4P/c1-13-20(27-19-5-3-2-4-17(19)21(13)28)15-8-11-18(26-12-15)14-6-9-16(10-7-14)29-22(23,24)25;1-5(2,3)4/h2-12H,1H3,(H,27,28);(H3,1,2,3,4). The lowest BCUT2D eigenvalue weighted by Crippen LogP contribution is -2.16. The number of phosphoric acid groups is 1. The molecule has 0 aliphatic carbocycles. The van der Waals surface area contributed by atoms with E-state index in [9.17, 15) is 18.0 Å². The minimum atomic E-state index is -4.73. The molecule has 0 unspecified atom stereocenters. The molecule has 0 bridgehead atoms. The number of nitrogens with zero attached hydrogens (tertiary/aromatic N) is 1. The summed E-state index contributed by atoms with van der Waals surface area (Å²) in [7, 11) is -4.64. The molecule has 4 rings (SSSR count). The number of aromatic amines is 1. The fraction of sp³-hybridized carbons (Fsp3) is 0.0909. The lowest BCUT2D eigenvalue weighted by molar-refractivity contribution is -0.274. The average molecular weight is 494 g/mol. The minimum absolute atomic E-state index is 0.0429. The Kier molecular flexibility index (Phi) is 7.23. The summed E-state index contributed by atoms with van der Waals surface area (Å²) >= 11 is 0. The highest BCUT2D eigenvalue weighted by molar-refractivity contribution is 7.45. The number of ether oxygens (including phenoxy) is 1. The molecule has 4 aromatic rings. The van der Waals surface area contributed by atoms with Gasteiger partial charge in [0, 0.05) is 33.8 Å². The van der Waals surface area contributed by atoms with Gasteiger partial charge in [0.05, 0.1) is 11.4 Å². The monoisotopic (exact) mass is 494 g/mol. The second kappa shape index (κ2) is 9.78. The van der Waals surface area contributed by atoms with Gasteiger partial charge in [-0.25, -0.2) is 4.57 Å². The highest BCUT2D eigenvalue weighted by Crippen LogP contribution is 2.28. The molecule has 0 amide bonds. The first-order chi connectivity index (χ1) is 15.8. The maximum atomic E-state index is 12.6. The van der Waals surface area contributed by atoms with Crippen molar-refractivity contribution in [2.75, 3.05) is 0 Å². The van der Waals surface area contributed by atoms with Crippen LogP contribution in [0.1, 0.15) is 5.56 Å². The van der Waals surface area contributed by atoms with Crippen LogP contribution in [0.15, 0.2) is 71.7 Å². The van der Waals surface area contributed by atoms with Crippen molar-refractivity contribution in [3.63, 3.8) is 0 Å². The Morgan fingerprint density at radius 1 is 0.941 bits per heavy atom. The summed E-state index contributed by atoms with van der Waals surface area (Å²) in [4.78, 5) is 41.8. The molecule has 8 nitrogen and oxygen atoms in total. The Morgan fingerprint density at radius 2 is 1.53 bits per heavy atom. The lowest BCUT2D eigenvalue weighted by atomic mass is 10.0. The second-order valence-corrected chi connectivity index (χ2v) is 8.04. The first-order valence-electron chi connectivity index (χ1n) is 9.54. The van der Waals surface area contributed by atoms with E-state index < -0.39 is 14.2 Å². The number of aromatic nitrogens is 2. The summed E-state index contributed by atoms with van der Waals surface area (Å²) in [5.41, 5.74) is 3.95. The fourth-order valence-corrected chi connectivity index (χ4v) is 3.16. The average Bonchev–Trinajstić information content (AvgIpc) is 2.75. The number of H-pyrrole nitrogens is 1. The number of benzene rings is 2. The summed E-state index contributed by atoms with van der Waals surface area (Å²) in [6.45, 7) is 1.76. The summed E-state index contributed by atoms with van der Waals surface area (Å²) in [5.74, 6) is -0.290. The number of pyridine rings is 2. The van der Waals surface area contributed by atoms with E-state index in [2.05, 4.69) is 14.7 Å². The first-order valence-corrected chi connectivity index (χ1v) is 11.1. The van der Waals surface area contributed by atoms with Crippen LogP contribution in [0.5, 0.6) is 5.75 Å². The van der Waals surface area contributed by atoms with Crippen LogP contribution in [-0.2, 0) is 4.57 Å². The highest BCUT2D eigenvalue weighted by atomic mass is 31.2. The summed E-state index contributed by atoms with van der Waals surface area (Å²) in [5, 5.41) is 0.625. The third-order valence-electron chi connectivity index (χ3n) is 4.58. The van der Waals surface area contributed by atoms with Gasteiger partial charge in [-0.05, 0) is 55.5 Å². The van der Waals surface area contributed by atoms with E-state index in [0.717, 1.165) is 11.1 Å². The maximum absolute atomic E-state index is 12.6. The maximum Gasteiger partial charge on any atom is 0.573 e. The smallest absolute Gasteiger partial charge is 0.406 e. The molecule has 12 heteroatoms. The van der Waals surface area contributed by atoms with Gasteiger partial charge in [0.2, 0.25) is 0 Å². The number of nitrogens with one attached hydrogen (secondary N) is 1. The van der Waals surface area contributed by atoms with Gasteiger partial charge in [0.25, 0.3) is 0 Å². The van der Waals surface area contributed by atoms with Crippen LogP contribution in [0.2, 0.25) is 0 Å². The summed E-state index contributed by atoms with van der Waals surface area (Å²) < 4.78 is 49.6. The number of rotatable bonds is 3. The van der Waals surface area contributed by atoms with Crippen LogP contribution < -0.4 is 10.2 Å². The third-order valence-corrected chi connectivity index (χ3v) is 4.58. The van der Waals surface area contributed by atoms with Crippen molar-refractivity contribution in [2.45, 2.75) is 13.3 Å². The zero-order chi connectivity index (χ0) is 25.1. The topological polar surface area (TPSA) is 133 Å². The predicted molar refractivity (Wildman–Crippen MR) is 119 cm³/mol. The molecule has 0 fully saturated rings. The van der Waals surface area contributed by atoms with Gasteiger partial charge >= 0.3 is 14.2 Å². The quantitative estimate of drug-likeness (QED) is 0.308. The van der Waals surface area contributed by atoms with Crippen molar-refractivity contribution in [1.82, 2.24) is 9.97 Å². The van der Waals surface area contributed by atoms with Gasteiger partial charge in [0.1, 0.15) is 5.75 Å². The summed E-state index contributed by atoms with van der Waals surface area (Å²) in [6.07, 6.45) is -3.10. The Balaban J connectivity index is 0.000000588. The van der Waals surface area contributed by atoms with Crippen molar-refractivity contribution < 1.29 is 37.2 Å². The van der Waals surface area contributed by atoms with Crippen molar-refractivity contribution in [3.8, 4) is 28.3 Å². The van der Waals surface area contributed by atoms with Crippen LogP contribution in [0.3, 0.4) is 0 Å². The van der Waals surface area contributed by atoms with Crippen LogP contribution in [-0.4, -0.2) is 31.0 Å². The van der Waals surface area contributed by atoms with Crippen LogP contribution in [0.4, 0.5) is 13.2 Å². The minimum Gasteiger partial charge on any atom is -0.406 e. The van der Waals surface area contributed by atoms with Gasteiger partial charge in [-0.2, -0.15) is 0 Å². The van der Waals surface area contributed by atoms with Crippen molar-refractivity contribution >= 4 is 18.7 Å². The van der Waals surface area contributed by atoms with E-state index in [-0.39, 0.29) is 11.2 Å². The van der Waals surface area contributed by atoms with Gasteiger partial charge < -0.3 is 24.4 Å². The van der Waals surface area contributed by atoms with E-state index >= 15 is 0 Å².